The molecular weight excluding hydrogens is 453 g/mol. The summed E-state index contributed by atoms with van der Waals surface area (Å²) in [5, 5.41) is 13.1. The first-order valence-corrected chi connectivity index (χ1v) is 10.8. The monoisotopic (exact) mass is 475 g/mol. The van der Waals surface area contributed by atoms with Crippen LogP contribution in [0.5, 0.6) is 5.75 Å². The Labute approximate surface area is 195 Å². The maximum atomic E-state index is 13.1. The van der Waals surface area contributed by atoms with Gasteiger partial charge in [-0.2, -0.15) is 0 Å². The molecule has 2 aromatic carbocycles. The van der Waals surface area contributed by atoms with Crippen LogP contribution in [0.3, 0.4) is 0 Å². The van der Waals surface area contributed by atoms with Crippen molar-refractivity contribution in [2.45, 2.75) is 39.3 Å². The summed E-state index contributed by atoms with van der Waals surface area (Å²) < 4.78 is 7.12. The second-order valence-electron chi connectivity index (χ2n) is 7.46. The summed E-state index contributed by atoms with van der Waals surface area (Å²) in [7, 11) is 0. The Morgan fingerprint density at radius 1 is 1.19 bits per heavy atom. The normalized spacial score (nSPS) is 10.9. The number of nitrogens with zero attached hydrogens (tertiary/aromatic N) is 2. The van der Waals surface area contributed by atoms with Crippen molar-refractivity contribution in [2.75, 3.05) is 5.32 Å². The van der Waals surface area contributed by atoms with Crippen molar-refractivity contribution < 1.29 is 14.6 Å². The molecule has 0 aliphatic carbocycles. The van der Waals surface area contributed by atoms with Gasteiger partial charge in [0.25, 0.3) is 5.56 Å². The highest BCUT2D eigenvalue weighted by atomic mass is 35.5. The second-order valence-corrected chi connectivity index (χ2v) is 8.30. The Balaban J connectivity index is 1.95. The topological polar surface area (TPSA) is 93.5 Å². The first-order chi connectivity index (χ1) is 15.2. The Hall–Kier alpha value is -3.03. The predicted molar refractivity (Wildman–Crippen MR) is 126 cm³/mol. The smallest absolute Gasteiger partial charge is 0.303 e. The van der Waals surface area contributed by atoms with Gasteiger partial charge < -0.3 is 15.2 Å². The number of carbonyl (C=O) groups is 1. The lowest BCUT2D eigenvalue weighted by Gasteiger charge is -2.16. The summed E-state index contributed by atoms with van der Waals surface area (Å²) in [6.07, 6.45) is 1.33. The minimum atomic E-state index is -0.978. The van der Waals surface area contributed by atoms with Gasteiger partial charge in [-0.05, 0) is 56.2 Å². The van der Waals surface area contributed by atoms with Crippen molar-refractivity contribution >= 4 is 40.8 Å². The van der Waals surface area contributed by atoms with E-state index >= 15 is 0 Å². The maximum absolute atomic E-state index is 13.1. The molecule has 1 aromatic heterocycles. The summed E-state index contributed by atoms with van der Waals surface area (Å²) in [5.41, 5.74) is 1.48. The van der Waals surface area contributed by atoms with E-state index in [1.807, 2.05) is 26.0 Å². The maximum Gasteiger partial charge on any atom is 0.303 e. The molecule has 0 saturated carbocycles. The minimum absolute atomic E-state index is 0.0177. The molecule has 0 atom stereocenters. The van der Waals surface area contributed by atoms with Crippen molar-refractivity contribution in [3.63, 3.8) is 0 Å². The summed E-state index contributed by atoms with van der Waals surface area (Å²) in [4.78, 5) is 28.5. The molecule has 0 fully saturated rings. The molecule has 0 bridgehead atoms. The number of ether oxygens (including phenoxy) is 1. The number of halogens is 2. The van der Waals surface area contributed by atoms with Crippen LogP contribution in [-0.2, 0) is 17.8 Å². The van der Waals surface area contributed by atoms with Gasteiger partial charge in [-0.15, -0.1) is 0 Å². The number of carboxylic acids is 1. The second kappa shape index (κ2) is 10.5. The molecule has 0 unspecified atom stereocenters. The SMILES string of the molecule is CC(C)Oc1ccc(Nc2ncc(CCC(=O)O)c(=O)n2Cc2ccc(Cl)cc2)cc1Cl. The molecule has 3 rings (SSSR count). The summed E-state index contributed by atoms with van der Waals surface area (Å²) in [5.74, 6) is -0.116. The fourth-order valence-electron chi connectivity index (χ4n) is 3.02. The van der Waals surface area contributed by atoms with E-state index in [0.717, 1.165) is 5.56 Å². The van der Waals surface area contributed by atoms with E-state index in [1.54, 1.807) is 30.3 Å². The van der Waals surface area contributed by atoms with E-state index in [-0.39, 0.29) is 31.0 Å². The number of nitrogens with one attached hydrogen (secondary N) is 1. The molecule has 168 valence electrons. The molecule has 0 aliphatic heterocycles. The molecule has 3 aromatic rings. The van der Waals surface area contributed by atoms with E-state index in [1.165, 1.54) is 10.8 Å². The Kier molecular flexibility index (Phi) is 7.77. The van der Waals surface area contributed by atoms with Crippen LogP contribution in [0.2, 0.25) is 10.0 Å². The largest absolute Gasteiger partial charge is 0.489 e. The highest BCUT2D eigenvalue weighted by molar-refractivity contribution is 6.32. The Morgan fingerprint density at radius 3 is 2.53 bits per heavy atom. The van der Waals surface area contributed by atoms with Crippen LogP contribution in [0.15, 0.2) is 53.5 Å². The lowest BCUT2D eigenvalue weighted by atomic mass is 10.2. The zero-order chi connectivity index (χ0) is 23.3. The van der Waals surface area contributed by atoms with Crippen LogP contribution in [-0.4, -0.2) is 26.7 Å². The number of carboxylic acid groups (broad SMARTS) is 1. The number of aliphatic carboxylic acids is 1. The van der Waals surface area contributed by atoms with Gasteiger partial charge in [0.2, 0.25) is 5.95 Å². The highest BCUT2D eigenvalue weighted by Crippen LogP contribution is 2.29. The molecule has 1 heterocycles. The summed E-state index contributed by atoms with van der Waals surface area (Å²) in [6, 6.07) is 12.3. The molecule has 0 radical (unpaired) electrons. The fraction of sp³-hybridized carbons (Fsp3) is 0.261. The van der Waals surface area contributed by atoms with Crippen LogP contribution in [0.1, 0.15) is 31.4 Å². The van der Waals surface area contributed by atoms with E-state index < -0.39 is 5.97 Å². The number of aryl methyl sites for hydroxylation is 1. The van der Waals surface area contributed by atoms with Crippen LogP contribution >= 0.6 is 23.2 Å². The van der Waals surface area contributed by atoms with Gasteiger partial charge in [0.1, 0.15) is 5.75 Å². The minimum Gasteiger partial charge on any atom is -0.489 e. The number of hydrogen-bond acceptors (Lipinski definition) is 5. The molecule has 0 aliphatic rings. The number of hydrogen-bond donors (Lipinski definition) is 2. The predicted octanol–water partition coefficient (Wildman–Crippen LogP) is 5.15. The van der Waals surface area contributed by atoms with E-state index in [9.17, 15) is 9.59 Å². The van der Waals surface area contributed by atoms with E-state index in [4.69, 9.17) is 33.0 Å². The fourth-order valence-corrected chi connectivity index (χ4v) is 3.37. The number of rotatable bonds is 9. The zero-order valence-electron chi connectivity index (χ0n) is 17.6. The standard InChI is InChI=1S/C23H23Cl2N3O4/c1-14(2)32-20-9-8-18(11-19(20)25)27-23-26-12-16(5-10-21(29)30)22(31)28(23)13-15-3-6-17(24)7-4-15/h3-4,6-9,11-12,14H,5,10,13H2,1-2H3,(H,26,27)(H,29,30). The third-order valence-corrected chi connectivity index (χ3v) is 5.08. The first kappa shape index (κ1) is 23.6. The third kappa shape index (κ3) is 6.24. The lowest BCUT2D eigenvalue weighted by molar-refractivity contribution is -0.136. The first-order valence-electron chi connectivity index (χ1n) is 10.0. The molecule has 9 heteroatoms. The van der Waals surface area contributed by atoms with Crippen molar-refractivity contribution in [2.24, 2.45) is 0 Å². The number of aromatic nitrogens is 2. The third-order valence-electron chi connectivity index (χ3n) is 4.53. The van der Waals surface area contributed by atoms with Crippen molar-refractivity contribution in [1.29, 1.82) is 0 Å². The summed E-state index contributed by atoms with van der Waals surface area (Å²) >= 11 is 12.3. The molecular formula is C23H23Cl2N3O4. The van der Waals surface area contributed by atoms with Gasteiger partial charge in [-0.1, -0.05) is 35.3 Å². The molecule has 0 amide bonds. The van der Waals surface area contributed by atoms with Crippen LogP contribution in [0.25, 0.3) is 0 Å². The van der Waals surface area contributed by atoms with Crippen LogP contribution in [0, 0.1) is 0 Å². The van der Waals surface area contributed by atoms with Gasteiger partial charge >= 0.3 is 5.97 Å². The molecule has 0 saturated heterocycles. The number of benzene rings is 2. The van der Waals surface area contributed by atoms with Crippen molar-refractivity contribution in [3.05, 3.63) is 80.2 Å². The average Bonchev–Trinajstić information content (AvgIpc) is 2.73. The average molecular weight is 476 g/mol. The molecule has 32 heavy (non-hydrogen) atoms. The highest BCUT2D eigenvalue weighted by Gasteiger charge is 2.14. The molecule has 0 spiro atoms. The van der Waals surface area contributed by atoms with Crippen LogP contribution < -0.4 is 15.6 Å². The van der Waals surface area contributed by atoms with Gasteiger partial charge in [0.15, 0.2) is 0 Å². The van der Waals surface area contributed by atoms with Crippen LogP contribution in [0.4, 0.5) is 11.6 Å². The van der Waals surface area contributed by atoms with Gasteiger partial charge in [0, 0.05) is 28.9 Å². The molecule has 2 N–H and O–H groups in total. The quantitative estimate of drug-likeness (QED) is 0.444. The Bertz CT molecular complexity index is 1160. The molecule has 7 nitrogen and oxygen atoms in total. The zero-order valence-corrected chi connectivity index (χ0v) is 19.2. The van der Waals surface area contributed by atoms with Gasteiger partial charge in [0.05, 0.1) is 17.7 Å². The van der Waals surface area contributed by atoms with Gasteiger partial charge in [-0.25, -0.2) is 4.98 Å². The van der Waals surface area contributed by atoms with E-state index in [2.05, 4.69) is 10.3 Å². The van der Waals surface area contributed by atoms with Crippen molar-refractivity contribution in [1.82, 2.24) is 9.55 Å². The lowest BCUT2D eigenvalue weighted by Crippen LogP contribution is -2.27. The van der Waals surface area contributed by atoms with Gasteiger partial charge in [-0.3, -0.25) is 14.2 Å². The summed E-state index contributed by atoms with van der Waals surface area (Å²) in [6.45, 7) is 4.05. The number of anilines is 2. The Morgan fingerprint density at radius 2 is 1.91 bits per heavy atom. The van der Waals surface area contributed by atoms with E-state index in [0.29, 0.717) is 33.0 Å². The van der Waals surface area contributed by atoms with Crippen molar-refractivity contribution in [3.8, 4) is 5.75 Å².